The van der Waals surface area contributed by atoms with Crippen LogP contribution in [0.4, 0.5) is 10.1 Å². The van der Waals surface area contributed by atoms with E-state index in [1.54, 1.807) is 6.07 Å². The van der Waals surface area contributed by atoms with E-state index < -0.39 is 11.7 Å². The van der Waals surface area contributed by atoms with Gasteiger partial charge in [0.15, 0.2) is 0 Å². The number of nitrogens with zero attached hydrogens (tertiary/aromatic N) is 3. The van der Waals surface area contributed by atoms with Crippen molar-refractivity contribution < 1.29 is 14.0 Å². The second kappa shape index (κ2) is 8.35. The van der Waals surface area contributed by atoms with Crippen molar-refractivity contribution in [1.29, 1.82) is 0 Å². The molecule has 1 saturated heterocycles. The second-order valence-corrected chi connectivity index (χ2v) is 7.35. The van der Waals surface area contributed by atoms with Crippen molar-refractivity contribution in [2.24, 2.45) is 0 Å². The molecular weight excluding hydrogens is 355 g/mol. The number of amides is 2. The third kappa shape index (κ3) is 4.43. The molecule has 1 aromatic heterocycles. The average molecular weight is 376 g/mol. The third-order valence-electron chi connectivity index (χ3n) is 4.30. The van der Waals surface area contributed by atoms with Gasteiger partial charge in [-0.05, 0) is 37.5 Å². The maximum Gasteiger partial charge on any atom is 0.286 e. The van der Waals surface area contributed by atoms with Gasteiger partial charge < -0.3 is 10.2 Å². The van der Waals surface area contributed by atoms with E-state index in [2.05, 4.69) is 15.5 Å². The zero-order chi connectivity index (χ0) is 18.5. The first-order valence-corrected chi connectivity index (χ1v) is 9.56. The van der Waals surface area contributed by atoms with Gasteiger partial charge >= 0.3 is 0 Å². The number of halogens is 1. The zero-order valence-corrected chi connectivity index (χ0v) is 15.4. The quantitative estimate of drug-likeness (QED) is 0.867. The summed E-state index contributed by atoms with van der Waals surface area (Å²) in [6.07, 6.45) is 3.24. The number of likely N-dealkylation sites (tertiary alicyclic amines) is 1. The van der Waals surface area contributed by atoms with E-state index >= 15 is 0 Å². The predicted octanol–water partition coefficient (Wildman–Crippen LogP) is 3.44. The minimum Gasteiger partial charge on any atom is -0.342 e. The Kier molecular flexibility index (Phi) is 5.92. The molecule has 3 rings (SSSR count). The van der Waals surface area contributed by atoms with E-state index in [1.165, 1.54) is 29.5 Å². The summed E-state index contributed by atoms with van der Waals surface area (Å²) in [5.74, 6) is -0.544. The van der Waals surface area contributed by atoms with Crippen LogP contribution in [0, 0.1) is 5.82 Å². The maximum atomic E-state index is 13.2. The number of hydrogen-bond acceptors (Lipinski definition) is 5. The van der Waals surface area contributed by atoms with Gasteiger partial charge in [-0.15, -0.1) is 10.2 Å². The van der Waals surface area contributed by atoms with Crippen molar-refractivity contribution >= 4 is 28.8 Å². The number of carbonyl (C=O) groups excluding carboxylic acids is 2. The molecule has 0 bridgehead atoms. The Morgan fingerprint density at radius 3 is 3.00 bits per heavy atom. The van der Waals surface area contributed by atoms with E-state index in [9.17, 15) is 14.0 Å². The zero-order valence-electron chi connectivity index (χ0n) is 14.6. The number of aromatic nitrogens is 2. The predicted molar refractivity (Wildman–Crippen MR) is 97.7 cm³/mol. The third-order valence-corrected chi connectivity index (χ3v) is 5.39. The lowest BCUT2D eigenvalue weighted by atomic mass is 9.98. The lowest BCUT2D eigenvalue weighted by molar-refractivity contribution is -0.132. The van der Waals surface area contributed by atoms with Crippen LogP contribution in [0.15, 0.2) is 24.3 Å². The van der Waals surface area contributed by atoms with Crippen LogP contribution < -0.4 is 5.32 Å². The van der Waals surface area contributed by atoms with Crippen molar-refractivity contribution in [3.63, 3.8) is 0 Å². The lowest BCUT2D eigenvalue weighted by Crippen LogP contribution is -2.38. The normalized spacial score (nSPS) is 17.2. The lowest BCUT2D eigenvalue weighted by Gasteiger charge is -2.31. The standard InChI is InChI=1S/C18H21FN4O2S/c1-2-5-15(24)23-9-4-6-12(11-23)17-21-22-18(26-17)16(25)20-14-8-3-7-13(19)10-14/h3,7-8,10,12H,2,4-6,9,11H2,1H3,(H,20,25)/t12-/m1/s1. The first kappa shape index (κ1) is 18.4. The molecule has 0 radical (unpaired) electrons. The summed E-state index contributed by atoms with van der Waals surface area (Å²) in [7, 11) is 0. The fourth-order valence-electron chi connectivity index (χ4n) is 3.02. The molecule has 0 saturated carbocycles. The summed E-state index contributed by atoms with van der Waals surface area (Å²) < 4.78 is 13.2. The largest absolute Gasteiger partial charge is 0.342 e. The summed E-state index contributed by atoms with van der Waals surface area (Å²) >= 11 is 1.23. The van der Waals surface area contributed by atoms with Gasteiger partial charge in [-0.1, -0.05) is 24.3 Å². The Bertz CT molecular complexity index is 795. The molecule has 1 aliphatic heterocycles. The van der Waals surface area contributed by atoms with Crippen molar-refractivity contribution in [3.8, 4) is 0 Å². The van der Waals surface area contributed by atoms with Crippen LogP contribution in [0.5, 0.6) is 0 Å². The highest BCUT2D eigenvalue weighted by Gasteiger charge is 2.27. The number of benzene rings is 1. The molecule has 0 spiro atoms. The molecule has 1 atom stereocenters. The van der Waals surface area contributed by atoms with E-state index in [0.717, 1.165) is 30.8 Å². The minimum atomic E-state index is -0.417. The molecule has 1 fully saturated rings. The summed E-state index contributed by atoms with van der Waals surface area (Å²) in [5, 5.41) is 11.8. The number of hydrogen-bond donors (Lipinski definition) is 1. The van der Waals surface area contributed by atoms with Crippen LogP contribution in [-0.2, 0) is 4.79 Å². The molecule has 1 aliphatic rings. The van der Waals surface area contributed by atoms with Gasteiger partial charge in [0.2, 0.25) is 10.9 Å². The van der Waals surface area contributed by atoms with Crippen LogP contribution in [0.25, 0.3) is 0 Å². The van der Waals surface area contributed by atoms with Crippen LogP contribution in [0.2, 0.25) is 0 Å². The van der Waals surface area contributed by atoms with Crippen LogP contribution in [0.3, 0.4) is 0 Å². The highest BCUT2D eigenvalue weighted by atomic mass is 32.1. The first-order chi connectivity index (χ1) is 12.6. The number of piperidine rings is 1. The number of anilines is 1. The molecule has 2 heterocycles. The fraction of sp³-hybridized carbons (Fsp3) is 0.444. The summed E-state index contributed by atoms with van der Waals surface area (Å²) in [4.78, 5) is 26.3. The first-order valence-electron chi connectivity index (χ1n) is 8.75. The number of rotatable bonds is 5. The molecule has 1 aromatic carbocycles. The Labute approximate surface area is 155 Å². The van der Waals surface area contributed by atoms with Gasteiger partial charge in [0.1, 0.15) is 10.8 Å². The summed E-state index contributed by atoms with van der Waals surface area (Å²) in [6, 6.07) is 5.70. The van der Waals surface area contributed by atoms with Gasteiger partial charge in [0.25, 0.3) is 5.91 Å². The summed E-state index contributed by atoms with van der Waals surface area (Å²) in [6.45, 7) is 3.40. The van der Waals surface area contributed by atoms with Crippen LogP contribution >= 0.6 is 11.3 Å². The second-order valence-electron chi connectivity index (χ2n) is 6.34. The molecule has 26 heavy (non-hydrogen) atoms. The number of nitrogens with one attached hydrogen (secondary N) is 1. The molecule has 0 unspecified atom stereocenters. The molecule has 0 aliphatic carbocycles. The van der Waals surface area contributed by atoms with Gasteiger partial charge in [-0.25, -0.2) is 4.39 Å². The Morgan fingerprint density at radius 1 is 1.38 bits per heavy atom. The van der Waals surface area contributed by atoms with Crippen molar-refractivity contribution in [2.75, 3.05) is 18.4 Å². The van der Waals surface area contributed by atoms with E-state index in [0.29, 0.717) is 18.7 Å². The van der Waals surface area contributed by atoms with Gasteiger partial charge in [-0.3, -0.25) is 9.59 Å². The molecule has 138 valence electrons. The fourth-order valence-corrected chi connectivity index (χ4v) is 3.88. The SMILES string of the molecule is CCCC(=O)N1CCC[C@@H](c2nnc(C(=O)Nc3cccc(F)c3)s2)C1. The topological polar surface area (TPSA) is 75.2 Å². The Morgan fingerprint density at radius 2 is 2.23 bits per heavy atom. The van der Waals surface area contributed by atoms with Crippen molar-refractivity contribution in [2.45, 2.75) is 38.5 Å². The molecule has 6 nitrogen and oxygen atoms in total. The molecular formula is C18H21FN4O2S. The van der Waals surface area contributed by atoms with Gasteiger partial charge in [-0.2, -0.15) is 0 Å². The Balaban J connectivity index is 1.65. The molecule has 8 heteroatoms. The molecule has 2 amide bonds. The van der Waals surface area contributed by atoms with Gasteiger partial charge in [0.05, 0.1) is 0 Å². The monoisotopic (exact) mass is 376 g/mol. The smallest absolute Gasteiger partial charge is 0.286 e. The summed E-state index contributed by atoms with van der Waals surface area (Å²) in [5.41, 5.74) is 0.376. The van der Waals surface area contributed by atoms with E-state index in [-0.39, 0.29) is 16.8 Å². The molecule has 1 N–H and O–H groups in total. The van der Waals surface area contributed by atoms with Crippen molar-refractivity contribution in [3.05, 3.63) is 40.1 Å². The average Bonchev–Trinajstić information content (AvgIpc) is 3.12. The highest BCUT2D eigenvalue weighted by molar-refractivity contribution is 7.13. The Hall–Kier alpha value is -2.35. The van der Waals surface area contributed by atoms with Crippen LogP contribution in [0.1, 0.15) is 53.3 Å². The van der Waals surface area contributed by atoms with Gasteiger partial charge in [0, 0.05) is 31.1 Å². The minimum absolute atomic E-state index is 0.109. The maximum absolute atomic E-state index is 13.2. The van der Waals surface area contributed by atoms with Crippen molar-refractivity contribution in [1.82, 2.24) is 15.1 Å². The van der Waals surface area contributed by atoms with E-state index in [1.807, 2.05) is 11.8 Å². The van der Waals surface area contributed by atoms with E-state index in [4.69, 9.17) is 0 Å². The van der Waals surface area contributed by atoms with Crippen LogP contribution in [-0.4, -0.2) is 40.0 Å². The number of carbonyl (C=O) groups is 2. The highest BCUT2D eigenvalue weighted by Crippen LogP contribution is 2.29. The molecule has 2 aromatic rings.